The van der Waals surface area contributed by atoms with E-state index in [9.17, 15) is 23.1 Å². The Morgan fingerprint density at radius 3 is 2.67 bits per heavy atom. The van der Waals surface area contributed by atoms with Crippen LogP contribution in [-0.2, 0) is 19.6 Å². The number of amides is 1. The molecule has 3 N–H and O–H groups in total. The van der Waals surface area contributed by atoms with Crippen molar-refractivity contribution >= 4 is 21.9 Å². The molecule has 1 fully saturated rings. The molecule has 0 saturated heterocycles. The van der Waals surface area contributed by atoms with Crippen molar-refractivity contribution in [1.82, 2.24) is 10.0 Å². The first kappa shape index (κ1) is 21.1. The van der Waals surface area contributed by atoms with Crippen molar-refractivity contribution in [2.75, 3.05) is 13.2 Å². The molecule has 0 bridgehead atoms. The Balaban J connectivity index is 2.09. The van der Waals surface area contributed by atoms with Gasteiger partial charge >= 0.3 is 5.97 Å². The molecule has 9 heteroatoms. The lowest BCUT2D eigenvalue weighted by Crippen LogP contribution is -2.44. The smallest absolute Gasteiger partial charge is 0.328 e. The predicted molar refractivity (Wildman–Crippen MR) is 98.9 cm³/mol. The first-order valence-electron chi connectivity index (χ1n) is 8.68. The van der Waals surface area contributed by atoms with Crippen LogP contribution in [0.3, 0.4) is 0 Å². The zero-order valence-electron chi connectivity index (χ0n) is 14.9. The highest BCUT2D eigenvalue weighted by molar-refractivity contribution is 7.89. The number of rotatable bonds is 10. The van der Waals surface area contributed by atoms with E-state index in [1.807, 2.05) is 0 Å². The molecular weight excluding hydrogens is 372 g/mol. The Kier molecular flexibility index (Phi) is 7.52. The van der Waals surface area contributed by atoms with Gasteiger partial charge in [0.05, 0.1) is 18.1 Å². The Bertz CT molecular complexity index is 787. The van der Waals surface area contributed by atoms with Crippen molar-refractivity contribution in [3.63, 3.8) is 0 Å². The summed E-state index contributed by atoms with van der Waals surface area (Å²) in [6.45, 7) is 3.38. The molecule has 148 valence electrons. The maximum atomic E-state index is 12.5. The zero-order chi connectivity index (χ0) is 19.9. The van der Waals surface area contributed by atoms with E-state index in [0.717, 1.165) is 25.7 Å². The molecule has 1 amide bonds. The van der Waals surface area contributed by atoms with Crippen LogP contribution in [0.5, 0.6) is 0 Å². The van der Waals surface area contributed by atoms with Crippen molar-refractivity contribution < 1.29 is 27.9 Å². The minimum Gasteiger partial charge on any atom is -0.480 e. The van der Waals surface area contributed by atoms with Gasteiger partial charge in [-0.1, -0.05) is 25.0 Å². The second kappa shape index (κ2) is 9.63. The predicted octanol–water partition coefficient (Wildman–Crippen LogP) is 1.29. The molecule has 0 aliphatic heterocycles. The second-order valence-electron chi connectivity index (χ2n) is 6.32. The van der Waals surface area contributed by atoms with E-state index in [2.05, 4.69) is 16.6 Å². The molecule has 1 aromatic rings. The maximum Gasteiger partial charge on any atom is 0.328 e. The van der Waals surface area contributed by atoms with Gasteiger partial charge in [-0.3, -0.25) is 4.79 Å². The van der Waals surface area contributed by atoms with Gasteiger partial charge in [0.2, 0.25) is 10.0 Å². The maximum absolute atomic E-state index is 12.5. The number of carbonyl (C=O) groups is 2. The number of hydrogen-bond acceptors (Lipinski definition) is 5. The molecule has 0 spiro atoms. The van der Waals surface area contributed by atoms with Crippen molar-refractivity contribution in [3.05, 3.63) is 42.5 Å². The van der Waals surface area contributed by atoms with E-state index in [4.69, 9.17) is 4.74 Å². The average Bonchev–Trinajstić information content (AvgIpc) is 3.13. The molecule has 1 unspecified atom stereocenters. The number of carbonyl (C=O) groups excluding carboxylic acids is 1. The molecule has 8 nitrogen and oxygen atoms in total. The molecule has 27 heavy (non-hydrogen) atoms. The van der Waals surface area contributed by atoms with Crippen LogP contribution < -0.4 is 10.0 Å². The van der Waals surface area contributed by atoms with Crippen LogP contribution in [0.2, 0.25) is 0 Å². The summed E-state index contributed by atoms with van der Waals surface area (Å²) in [5.74, 6) is -1.94. The largest absolute Gasteiger partial charge is 0.480 e. The lowest BCUT2D eigenvalue weighted by Gasteiger charge is -2.15. The highest BCUT2D eigenvalue weighted by atomic mass is 32.2. The second-order valence-corrected chi connectivity index (χ2v) is 8.03. The third kappa shape index (κ3) is 6.16. The number of benzene rings is 1. The van der Waals surface area contributed by atoms with Crippen LogP contribution >= 0.6 is 0 Å². The van der Waals surface area contributed by atoms with Gasteiger partial charge in [0, 0.05) is 11.6 Å². The number of aliphatic carboxylic acids is 1. The van der Waals surface area contributed by atoms with Gasteiger partial charge in [-0.25, -0.2) is 17.9 Å². The minimum atomic E-state index is -3.74. The molecule has 1 aliphatic rings. The number of ether oxygens (including phenoxy) is 1. The van der Waals surface area contributed by atoms with Gasteiger partial charge in [0.15, 0.2) is 6.04 Å². The van der Waals surface area contributed by atoms with Crippen molar-refractivity contribution in [1.29, 1.82) is 0 Å². The number of hydrogen-bond donors (Lipinski definition) is 3. The van der Waals surface area contributed by atoms with Crippen molar-refractivity contribution in [2.45, 2.75) is 42.7 Å². The highest BCUT2D eigenvalue weighted by Crippen LogP contribution is 2.20. The summed E-state index contributed by atoms with van der Waals surface area (Å²) in [5.41, 5.74) is 0.0549. The van der Waals surface area contributed by atoms with Crippen LogP contribution in [0.25, 0.3) is 0 Å². The molecule has 0 heterocycles. The molecule has 0 aromatic heterocycles. The fourth-order valence-electron chi connectivity index (χ4n) is 2.82. The Labute approximate surface area is 158 Å². The lowest BCUT2D eigenvalue weighted by atomic mass is 10.2. The Morgan fingerprint density at radius 2 is 2.04 bits per heavy atom. The molecule has 0 radical (unpaired) electrons. The molecular formula is C18H24N2O6S. The summed E-state index contributed by atoms with van der Waals surface area (Å²) in [6, 6.07) is 4.15. The summed E-state index contributed by atoms with van der Waals surface area (Å²) in [4.78, 5) is 23.6. The summed E-state index contributed by atoms with van der Waals surface area (Å²) < 4.78 is 32.7. The lowest BCUT2D eigenvalue weighted by molar-refractivity contribution is -0.140. The van der Waals surface area contributed by atoms with Gasteiger partial charge in [0.1, 0.15) is 0 Å². The van der Waals surface area contributed by atoms with E-state index in [0.29, 0.717) is 0 Å². The Morgan fingerprint density at radius 1 is 1.33 bits per heavy atom. The average molecular weight is 396 g/mol. The minimum absolute atomic E-state index is 0.0307. The molecule has 1 aromatic carbocycles. The van der Waals surface area contributed by atoms with E-state index >= 15 is 0 Å². The van der Waals surface area contributed by atoms with Crippen LogP contribution in [0.15, 0.2) is 41.8 Å². The monoisotopic (exact) mass is 396 g/mol. The van der Waals surface area contributed by atoms with Crippen LogP contribution in [0.1, 0.15) is 36.0 Å². The van der Waals surface area contributed by atoms with E-state index in [1.165, 1.54) is 30.3 Å². The number of nitrogens with one attached hydrogen (secondary N) is 2. The van der Waals surface area contributed by atoms with Gasteiger partial charge < -0.3 is 15.2 Å². The summed E-state index contributed by atoms with van der Waals surface area (Å²) in [7, 11) is -3.74. The number of sulfonamides is 1. The van der Waals surface area contributed by atoms with E-state index < -0.39 is 27.9 Å². The molecule has 1 atom stereocenters. The van der Waals surface area contributed by atoms with Gasteiger partial charge in [-0.15, -0.1) is 6.58 Å². The number of carboxylic acid groups (broad SMARTS) is 1. The highest BCUT2D eigenvalue weighted by Gasteiger charge is 2.25. The molecule has 1 saturated carbocycles. The standard InChI is InChI=1S/C18H24N2O6S/c1-2-10-26-12-16(18(22)23)19-17(21)13-6-5-9-15(11-13)27(24,25)20-14-7-3-4-8-14/h2,5-6,9,11,14,16,20H,1,3-4,7-8,10,12H2,(H,19,21)(H,22,23). The molecule has 2 rings (SSSR count). The van der Waals surface area contributed by atoms with E-state index in [1.54, 1.807) is 0 Å². The fraction of sp³-hybridized carbons (Fsp3) is 0.444. The topological polar surface area (TPSA) is 122 Å². The number of carboxylic acids is 1. The third-order valence-electron chi connectivity index (χ3n) is 4.21. The summed E-state index contributed by atoms with van der Waals surface area (Å²) in [5, 5.41) is 11.5. The Hall–Kier alpha value is -2.23. The zero-order valence-corrected chi connectivity index (χ0v) is 15.7. The third-order valence-corrected chi connectivity index (χ3v) is 5.73. The fourth-order valence-corrected chi connectivity index (χ4v) is 4.17. The first-order chi connectivity index (χ1) is 12.8. The van der Waals surface area contributed by atoms with Crippen molar-refractivity contribution in [2.24, 2.45) is 0 Å². The summed E-state index contributed by atoms with van der Waals surface area (Å²) >= 11 is 0. The van der Waals surface area contributed by atoms with Crippen LogP contribution in [0, 0.1) is 0 Å². The normalized spacial score (nSPS) is 16.0. The van der Waals surface area contributed by atoms with E-state index in [-0.39, 0.29) is 29.7 Å². The van der Waals surface area contributed by atoms with Gasteiger partial charge in [-0.2, -0.15) is 0 Å². The quantitative estimate of drug-likeness (QED) is 0.405. The van der Waals surface area contributed by atoms with Crippen LogP contribution in [0.4, 0.5) is 0 Å². The van der Waals surface area contributed by atoms with Gasteiger partial charge in [0.25, 0.3) is 5.91 Å². The molecule has 1 aliphatic carbocycles. The SMILES string of the molecule is C=CCOCC(NC(=O)c1cccc(S(=O)(=O)NC2CCCC2)c1)C(=O)O. The first-order valence-corrected chi connectivity index (χ1v) is 10.2. The summed E-state index contributed by atoms with van der Waals surface area (Å²) in [6.07, 6.45) is 5.03. The van der Waals surface area contributed by atoms with Gasteiger partial charge in [-0.05, 0) is 31.0 Å². The van der Waals surface area contributed by atoms with Crippen molar-refractivity contribution in [3.8, 4) is 0 Å². The van der Waals surface area contributed by atoms with Crippen LogP contribution in [-0.4, -0.2) is 50.7 Å².